The standard InChI is InChI=1S/C75H141NO10/c1-3-5-7-9-11-13-14-43-47-51-55-59-63-71(80)84-64-60-56-52-48-44-41-39-37-35-33-31-29-27-25-23-21-19-17-15-16-18-20-22-24-26-28-30-32-34-36-38-40-42-46-50-54-58-62-70(79)76-67(68(78)61-57-53-49-45-12-10-8-6-4-2)66-85-75-74(83)73(82)72(81)69(65-77)86-75/h15,17,21,23,57,61,67-69,72-75,77-78,81-83H,3-14,16,18-20,22,24-56,58-60,62-66H2,1-2H3,(H,76,79)/b17-15-,23-21-,61-57+. The molecule has 0 saturated carbocycles. The van der Waals surface area contributed by atoms with Gasteiger partial charge in [-0.1, -0.05) is 326 Å². The summed E-state index contributed by atoms with van der Waals surface area (Å²) in [6, 6.07) is -0.806. The first-order chi connectivity index (χ1) is 42.2. The van der Waals surface area contributed by atoms with Crippen molar-refractivity contribution in [2.24, 2.45) is 0 Å². The molecule has 506 valence electrons. The first-order valence-electron chi connectivity index (χ1n) is 37.3. The molecule has 1 amide bonds. The number of hydrogen-bond acceptors (Lipinski definition) is 10. The highest BCUT2D eigenvalue weighted by Gasteiger charge is 2.44. The topological polar surface area (TPSA) is 175 Å². The molecule has 0 aromatic rings. The fraction of sp³-hybridized carbons (Fsp3) is 0.893. The van der Waals surface area contributed by atoms with Gasteiger partial charge in [-0.25, -0.2) is 0 Å². The Morgan fingerprint density at radius 1 is 0.430 bits per heavy atom. The Morgan fingerprint density at radius 3 is 1.17 bits per heavy atom. The second-order valence-corrected chi connectivity index (χ2v) is 26.0. The van der Waals surface area contributed by atoms with E-state index in [-0.39, 0.29) is 18.5 Å². The van der Waals surface area contributed by atoms with Crippen LogP contribution in [0.15, 0.2) is 36.5 Å². The maximum absolute atomic E-state index is 13.0. The molecule has 1 heterocycles. The lowest BCUT2D eigenvalue weighted by atomic mass is 9.99. The van der Waals surface area contributed by atoms with Crippen LogP contribution in [0.5, 0.6) is 0 Å². The van der Waals surface area contributed by atoms with Crippen LogP contribution in [0.1, 0.15) is 367 Å². The predicted octanol–water partition coefficient (Wildman–Crippen LogP) is 19.4. The molecule has 7 atom stereocenters. The molecule has 6 N–H and O–H groups in total. The third kappa shape index (κ3) is 52.6. The van der Waals surface area contributed by atoms with Crippen LogP contribution in [0.2, 0.25) is 0 Å². The number of esters is 1. The highest BCUT2D eigenvalue weighted by atomic mass is 16.7. The molecule has 1 aliphatic rings. The molecule has 11 nitrogen and oxygen atoms in total. The van der Waals surface area contributed by atoms with Crippen molar-refractivity contribution >= 4 is 11.9 Å². The van der Waals surface area contributed by atoms with Crippen molar-refractivity contribution in [3.8, 4) is 0 Å². The Balaban J connectivity index is 1.89. The molecular formula is C75H141NO10. The molecule has 1 fully saturated rings. The van der Waals surface area contributed by atoms with Crippen LogP contribution in [0.3, 0.4) is 0 Å². The smallest absolute Gasteiger partial charge is 0.305 e. The van der Waals surface area contributed by atoms with Gasteiger partial charge in [-0.2, -0.15) is 0 Å². The Labute approximate surface area is 530 Å². The molecule has 0 aromatic carbocycles. The molecule has 0 bridgehead atoms. The predicted molar refractivity (Wildman–Crippen MR) is 361 cm³/mol. The number of hydrogen-bond donors (Lipinski definition) is 6. The van der Waals surface area contributed by atoms with Crippen LogP contribution in [-0.4, -0.2) is 100 Å². The second kappa shape index (κ2) is 64.4. The SMILES string of the molecule is CCCCCCCCC/C=C/C(O)C(COC1OC(CO)C(O)C(O)C1O)NC(=O)CCCCCCCCCCCCCCCCCCC/C=C\C/C=C\CCCCCCCCCCCCCCCOC(=O)CCCCCCCCCCCCCC. The van der Waals surface area contributed by atoms with Gasteiger partial charge in [0.15, 0.2) is 6.29 Å². The van der Waals surface area contributed by atoms with Gasteiger partial charge in [0.2, 0.25) is 5.91 Å². The van der Waals surface area contributed by atoms with Gasteiger partial charge < -0.3 is 45.1 Å². The summed E-state index contributed by atoms with van der Waals surface area (Å²) < 4.78 is 16.7. The van der Waals surface area contributed by atoms with Crippen LogP contribution in [0, 0.1) is 0 Å². The normalized spacial score (nSPS) is 18.1. The average Bonchev–Trinajstić information content (AvgIpc) is 2.71. The highest BCUT2D eigenvalue weighted by molar-refractivity contribution is 5.76. The van der Waals surface area contributed by atoms with Crippen molar-refractivity contribution in [1.29, 1.82) is 0 Å². The number of carbonyl (C=O) groups is 2. The Kier molecular flexibility index (Phi) is 61.3. The van der Waals surface area contributed by atoms with E-state index in [2.05, 4.69) is 43.5 Å². The Bertz CT molecular complexity index is 1520. The number of nitrogens with one attached hydrogen (secondary N) is 1. The number of aliphatic hydroxyl groups excluding tert-OH is 5. The van der Waals surface area contributed by atoms with Gasteiger partial charge in [-0.3, -0.25) is 9.59 Å². The third-order valence-corrected chi connectivity index (χ3v) is 17.7. The van der Waals surface area contributed by atoms with Gasteiger partial charge >= 0.3 is 5.97 Å². The lowest BCUT2D eigenvalue weighted by Crippen LogP contribution is -2.60. The van der Waals surface area contributed by atoms with Crippen molar-refractivity contribution in [3.63, 3.8) is 0 Å². The molecule has 1 rings (SSSR count). The van der Waals surface area contributed by atoms with Crippen molar-refractivity contribution in [2.75, 3.05) is 19.8 Å². The van der Waals surface area contributed by atoms with Crippen molar-refractivity contribution in [1.82, 2.24) is 5.32 Å². The zero-order chi connectivity index (χ0) is 62.3. The minimum absolute atomic E-state index is 0.0136. The maximum Gasteiger partial charge on any atom is 0.305 e. The third-order valence-electron chi connectivity index (χ3n) is 17.7. The zero-order valence-corrected chi connectivity index (χ0v) is 56.3. The summed E-state index contributed by atoms with van der Waals surface area (Å²) in [6.45, 7) is 4.35. The first-order valence-corrected chi connectivity index (χ1v) is 37.3. The highest BCUT2D eigenvalue weighted by Crippen LogP contribution is 2.23. The van der Waals surface area contributed by atoms with Crippen molar-refractivity contribution in [3.05, 3.63) is 36.5 Å². The molecule has 1 saturated heterocycles. The van der Waals surface area contributed by atoms with E-state index in [0.717, 1.165) is 57.8 Å². The van der Waals surface area contributed by atoms with E-state index in [4.69, 9.17) is 14.2 Å². The molecule has 86 heavy (non-hydrogen) atoms. The number of unbranched alkanes of at least 4 members (excludes halogenated alkanes) is 48. The summed E-state index contributed by atoms with van der Waals surface area (Å²) in [6.07, 6.45) is 73.2. The summed E-state index contributed by atoms with van der Waals surface area (Å²) in [5.74, 6) is -0.166. The van der Waals surface area contributed by atoms with Gasteiger partial charge in [-0.15, -0.1) is 0 Å². The van der Waals surface area contributed by atoms with Crippen LogP contribution >= 0.6 is 0 Å². The summed E-state index contributed by atoms with van der Waals surface area (Å²) in [7, 11) is 0. The monoisotopic (exact) mass is 1220 g/mol. The van der Waals surface area contributed by atoms with Crippen LogP contribution in [-0.2, 0) is 23.8 Å². The van der Waals surface area contributed by atoms with E-state index in [1.165, 1.54) is 283 Å². The molecular weight excluding hydrogens is 1070 g/mol. The minimum atomic E-state index is -1.57. The van der Waals surface area contributed by atoms with Crippen molar-refractivity contribution < 1.29 is 49.3 Å². The second-order valence-electron chi connectivity index (χ2n) is 26.0. The van der Waals surface area contributed by atoms with Gasteiger partial charge in [-0.05, 0) is 64.2 Å². The molecule has 7 unspecified atom stereocenters. The minimum Gasteiger partial charge on any atom is -0.466 e. The molecule has 0 aromatic heterocycles. The summed E-state index contributed by atoms with van der Waals surface area (Å²) in [5.41, 5.74) is 0. The fourth-order valence-electron chi connectivity index (χ4n) is 11.9. The zero-order valence-electron chi connectivity index (χ0n) is 56.3. The summed E-state index contributed by atoms with van der Waals surface area (Å²) >= 11 is 0. The molecule has 1 aliphatic heterocycles. The summed E-state index contributed by atoms with van der Waals surface area (Å²) in [5, 5.41) is 54.3. The number of aliphatic hydroxyl groups is 5. The van der Waals surface area contributed by atoms with E-state index in [1.54, 1.807) is 6.08 Å². The van der Waals surface area contributed by atoms with Gasteiger partial charge in [0, 0.05) is 12.8 Å². The number of ether oxygens (including phenoxy) is 3. The van der Waals surface area contributed by atoms with E-state index in [9.17, 15) is 35.1 Å². The van der Waals surface area contributed by atoms with E-state index in [1.807, 2.05) is 6.08 Å². The molecule has 0 spiro atoms. The fourth-order valence-corrected chi connectivity index (χ4v) is 11.9. The van der Waals surface area contributed by atoms with Gasteiger partial charge in [0.25, 0.3) is 0 Å². The van der Waals surface area contributed by atoms with Crippen LogP contribution in [0.25, 0.3) is 0 Å². The number of rotatable bonds is 66. The van der Waals surface area contributed by atoms with Gasteiger partial charge in [0.1, 0.15) is 24.4 Å². The summed E-state index contributed by atoms with van der Waals surface area (Å²) in [4.78, 5) is 25.1. The Morgan fingerprint density at radius 2 is 0.779 bits per heavy atom. The maximum atomic E-state index is 13.0. The largest absolute Gasteiger partial charge is 0.466 e. The van der Waals surface area contributed by atoms with E-state index in [0.29, 0.717) is 19.4 Å². The lowest BCUT2D eigenvalue weighted by molar-refractivity contribution is -0.302. The van der Waals surface area contributed by atoms with Crippen LogP contribution < -0.4 is 5.32 Å². The van der Waals surface area contributed by atoms with E-state index < -0.39 is 49.5 Å². The quantitative estimate of drug-likeness (QED) is 0.0195. The van der Waals surface area contributed by atoms with Gasteiger partial charge in [0.05, 0.1) is 32.0 Å². The molecule has 11 heteroatoms. The van der Waals surface area contributed by atoms with Crippen LogP contribution in [0.4, 0.5) is 0 Å². The van der Waals surface area contributed by atoms with Crippen molar-refractivity contribution in [2.45, 2.75) is 410 Å². The average molecular weight is 1220 g/mol. The number of allylic oxidation sites excluding steroid dienone is 5. The Hall–Kier alpha value is -2.12. The number of carbonyl (C=O) groups excluding carboxylic acids is 2. The lowest BCUT2D eigenvalue weighted by Gasteiger charge is -2.40. The number of amides is 1. The molecule has 0 radical (unpaired) electrons. The molecule has 0 aliphatic carbocycles. The first kappa shape index (κ1) is 81.9. The van der Waals surface area contributed by atoms with E-state index >= 15 is 0 Å².